The van der Waals surface area contributed by atoms with E-state index in [1.54, 1.807) is 0 Å². The topological polar surface area (TPSA) is 71.0 Å². The van der Waals surface area contributed by atoms with Crippen LogP contribution in [-0.2, 0) is 22.3 Å². The first-order valence-electron chi connectivity index (χ1n) is 9.25. The zero-order chi connectivity index (χ0) is 20.4. The molecule has 0 saturated carbocycles. The molecule has 7 nitrogen and oxygen atoms in total. The summed E-state index contributed by atoms with van der Waals surface area (Å²) in [6, 6.07) is 1.95. The number of aromatic amines is 1. The van der Waals surface area contributed by atoms with Crippen LogP contribution in [0, 0.1) is 0 Å². The van der Waals surface area contributed by atoms with E-state index in [1.807, 2.05) is 29.3 Å². The second-order valence-corrected chi connectivity index (χ2v) is 6.82. The second-order valence-electron chi connectivity index (χ2n) is 6.82. The van der Waals surface area contributed by atoms with Gasteiger partial charge in [-0.1, -0.05) is 6.08 Å². The van der Waals surface area contributed by atoms with Crippen LogP contribution in [0.2, 0.25) is 0 Å². The number of pyridine rings is 1. The smallest absolute Gasteiger partial charge is 0.379 e. The van der Waals surface area contributed by atoms with Crippen molar-refractivity contribution >= 4 is 5.91 Å². The van der Waals surface area contributed by atoms with Crippen LogP contribution in [0.4, 0.5) is 13.2 Å². The number of hydrogen-bond acceptors (Lipinski definition) is 5. The van der Waals surface area contributed by atoms with E-state index in [2.05, 4.69) is 20.5 Å². The van der Waals surface area contributed by atoms with Crippen LogP contribution in [0.5, 0.6) is 0 Å². The molecule has 10 heteroatoms. The van der Waals surface area contributed by atoms with Crippen LogP contribution in [0.15, 0.2) is 54.2 Å². The number of carbonyl (C=O) groups excluding carboxylic acids is 1. The third-order valence-electron chi connectivity index (χ3n) is 4.93. The van der Waals surface area contributed by atoms with Gasteiger partial charge in [0.1, 0.15) is 12.2 Å². The highest BCUT2D eigenvalue weighted by Gasteiger charge is 2.37. The van der Waals surface area contributed by atoms with Gasteiger partial charge in [-0.05, 0) is 12.2 Å². The van der Waals surface area contributed by atoms with Gasteiger partial charge in [-0.3, -0.25) is 9.69 Å². The minimum atomic E-state index is -4.43. The molecule has 0 radical (unpaired) electrons. The number of carbonyl (C=O) groups is 1. The summed E-state index contributed by atoms with van der Waals surface area (Å²) in [7, 11) is 0. The number of halogens is 3. The highest BCUT2D eigenvalue weighted by molar-refractivity contribution is 5.94. The number of fused-ring (bicyclic) bond motifs is 1. The summed E-state index contributed by atoms with van der Waals surface area (Å²) < 4.78 is 44.0. The molecule has 1 amide bonds. The lowest BCUT2D eigenvalue weighted by Crippen LogP contribution is -2.54. The number of nitrogens with one attached hydrogen (secondary N) is 3. The predicted octanol–water partition coefficient (Wildman–Crippen LogP) is 0.952. The molecule has 0 aliphatic carbocycles. The standard InChI is InChI=1S/C19H20F3N5O2/c20-19(21,22)13-4-5-23-14(11-13)12-24-17(28)16-15-3-1-2-6-27(15)18(25-16)26-7-9-29-10-8-26/h1-6,11,18,25H,7-10,12H2,(H,24,28)/p+1. The van der Waals surface area contributed by atoms with E-state index < -0.39 is 11.7 Å². The SMILES string of the molecule is O=C(NCc1cc(C(F)(F)F)cc[nH+]1)C1=C2C=CC=CN2C(N2CCOCC2)N1. The fourth-order valence-corrected chi connectivity index (χ4v) is 3.48. The highest BCUT2D eigenvalue weighted by atomic mass is 19.4. The molecule has 1 atom stereocenters. The predicted molar refractivity (Wildman–Crippen MR) is 96.3 cm³/mol. The zero-order valence-corrected chi connectivity index (χ0v) is 15.5. The van der Waals surface area contributed by atoms with E-state index in [4.69, 9.17) is 4.74 Å². The highest BCUT2D eigenvalue weighted by Crippen LogP contribution is 2.29. The van der Waals surface area contributed by atoms with E-state index >= 15 is 0 Å². The number of alkyl halides is 3. The van der Waals surface area contributed by atoms with Gasteiger partial charge in [-0.15, -0.1) is 0 Å². The number of hydrogen-bond donors (Lipinski definition) is 2. The van der Waals surface area contributed by atoms with Crippen LogP contribution < -0.4 is 15.6 Å². The molecule has 4 rings (SSSR count). The molecule has 1 aromatic rings. The molecule has 3 aliphatic heterocycles. The minimum absolute atomic E-state index is 0.0526. The third-order valence-corrected chi connectivity index (χ3v) is 4.93. The Kier molecular flexibility index (Phi) is 5.29. The van der Waals surface area contributed by atoms with Crippen molar-refractivity contribution in [3.63, 3.8) is 0 Å². The fraction of sp³-hybridized carbons (Fsp3) is 0.368. The zero-order valence-electron chi connectivity index (χ0n) is 15.5. The molecule has 3 aliphatic rings. The Morgan fingerprint density at radius 3 is 2.86 bits per heavy atom. The Morgan fingerprint density at radius 1 is 1.31 bits per heavy atom. The largest absolute Gasteiger partial charge is 0.416 e. The van der Waals surface area contributed by atoms with Gasteiger partial charge in [-0.25, -0.2) is 4.98 Å². The lowest BCUT2D eigenvalue weighted by molar-refractivity contribution is -0.391. The van der Waals surface area contributed by atoms with E-state index in [9.17, 15) is 18.0 Å². The summed E-state index contributed by atoms with van der Waals surface area (Å²) in [5.41, 5.74) is 0.599. The average molecular weight is 408 g/mol. The van der Waals surface area contributed by atoms with Crippen LogP contribution in [0.1, 0.15) is 11.3 Å². The summed E-state index contributed by atoms with van der Waals surface area (Å²) in [6.07, 6.45) is 4.01. The minimum Gasteiger partial charge on any atom is -0.379 e. The average Bonchev–Trinajstić information content (AvgIpc) is 3.12. The third kappa shape index (κ3) is 4.13. The maximum absolute atomic E-state index is 12.9. The van der Waals surface area contributed by atoms with Gasteiger partial charge in [0.25, 0.3) is 5.91 Å². The number of aromatic nitrogens is 1. The number of allylic oxidation sites excluding steroid dienone is 3. The summed E-state index contributed by atoms with van der Waals surface area (Å²) >= 11 is 0. The number of morpholine rings is 1. The van der Waals surface area contributed by atoms with Gasteiger partial charge in [0, 0.05) is 31.4 Å². The van der Waals surface area contributed by atoms with E-state index in [0.29, 0.717) is 18.9 Å². The lowest BCUT2D eigenvalue weighted by Gasteiger charge is -2.37. The Hall–Kier alpha value is -2.85. The van der Waals surface area contributed by atoms with Gasteiger partial charge in [0.15, 0.2) is 18.2 Å². The van der Waals surface area contributed by atoms with Crippen LogP contribution in [0.25, 0.3) is 0 Å². The molecule has 1 aromatic heterocycles. The van der Waals surface area contributed by atoms with Crippen molar-refractivity contribution in [1.82, 2.24) is 20.4 Å². The molecule has 0 bridgehead atoms. The Morgan fingerprint density at radius 2 is 2.10 bits per heavy atom. The first-order chi connectivity index (χ1) is 13.9. The van der Waals surface area contributed by atoms with Crippen molar-refractivity contribution in [2.75, 3.05) is 26.3 Å². The molecule has 0 spiro atoms. The Bertz CT molecular complexity index is 875. The van der Waals surface area contributed by atoms with Gasteiger partial charge in [0.05, 0.1) is 24.5 Å². The van der Waals surface area contributed by atoms with Crippen LogP contribution >= 0.6 is 0 Å². The number of H-pyrrole nitrogens is 1. The van der Waals surface area contributed by atoms with Crippen LogP contribution in [-0.4, -0.2) is 48.3 Å². The normalized spacial score (nSPS) is 21.9. The molecule has 29 heavy (non-hydrogen) atoms. The Labute approximate surface area is 165 Å². The molecule has 4 heterocycles. The molecule has 1 saturated heterocycles. The molecular formula is C19H21F3N5O2+. The van der Waals surface area contributed by atoms with Crippen molar-refractivity contribution in [3.05, 3.63) is 65.4 Å². The number of nitrogens with zero attached hydrogens (tertiary/aromatic N) is 2. The fourth-order valence-electron chi connectivity index (χ4n) is 3.48. The van der Waals surface area contributed by atoms with Gasteiger partial charge in [0.2, 0.25) is 0 Å². The molecule has 1 fully saturated rings. The lowest BCUT2D eigenvalue weighted by atomic mass is 10.2. The number of amides is 1. The number of rotatable bonds is 4. The van der Waals surface area contributed by atoms with Crippen molar-refractivity contribution in [1.29, 1.82) is 0 Å². The molecule has 0 aromatic carbocycles. The summed E-state index contributed by atoms with van der Waals surface area (Å²) in [4.78, 5) is 19.7. The second kappa shape index (κ2) is 7.88. The summed E-state index contributed by atoms with van der Waals surface area (Å²) in [6.45, 7) is 2.64. The molecule has 3 N–H and O–H groups in total. The van der Waals surface area contributed by atoms with Crippen molar-refractivity contribution < 1.29 is 27.7 Å². The molecular weight excluding hydrogens is 387 g/mol. The van der Waals surface area contributed by atoms with E-state index in [1.165, 1.54) is 6.20 Å². The van der Waals surface area contributed by atoms with Crippen molar-refractivity contribution in [2.45, 2.75) is 19.0 Å². The number of ether oxygens (including phenoxy) is 1. The first-order valence-corrected chi connectivity index (χ1v) is 9.25. The van der Waals surface area contributed by atoms with Gasteiger partial charge >= 0.3 is 6.18 Å². The van der Waals surface area contributed by atoms with Crippen molar-refractivity contribution in [3.8, 4) is 0 Å². The Balaban J connectivity index is 1.46. The monoisotopic (exact) mass is 408 g/mol. The van der Waals surface area contributed by atoms with Gasteiger partial charge < -0.3 is 20.3 Å². The van der Waals surface area contributed by atoms with Gasteiger partial charge in [-0.2, -0.15) is 13.2 Å². The molecule has 1 unspecified atom stereocenters. The quantitative estimate of drug-likeness (QED) is 0.777. The first kappa shape index (κ1) is 19.5. The van der Waals surface area contributed by atoms with Crippen LogP contribution in [0.3, 0.4) is 0 Å². The summed E-state index contributed by atoms with van der Waals surface area (Å²) in [5, 5.41) is 5.94. The summed E-state index contributed by atoms with van der Waals surface area (Å²) in [5.74, 6) is -0.383. The van der Waals surface area contributed by atoms with E-state index in [0.717, 1.165) is 30.9 Å². The maximum atomic E-state index is 12.9. The van der Waals surface area contributed by atoms with Crippen molar-refractivity contribution in [2.24, 2.45) is 0 Å². The van der Waals surface area contributed by atoms with E-state index in [-0.39, 0.29) is 24.4 Å². The maximum Gasteiger partial charge on any atom is 0.416 e. The molecule has 154 valence electrons.